The van der Waals surface area contributed by atoms with E-state index in [9.17, 15) is 9.59 Å². The van der Waals surface area contributed by atoms with Gasteiger partial charge in [-0.2, -0.15) is 9.50 Å². The molecule has 0 aliphatic carbocycles. The number of fused-ring (bicyclic) bond motifs is 2. The third-order valence-corrected chi connectivity index (χ3v) is 5.45. The summed E-state index contributed by atoms with van der Waals surface area (Å²) in [5, 5.41) is 7.18. The number of anilines is 1. The first-order chi connectivity index (χ1) is 16.0. The van der Waals surface area contributed by atoms with Crippen molar-refractivity contribution in [2.45, 2.75) is 19.9 Å². The zero-order valence-corrected chi connectivity index (χ0v) is 17.9. The quantitative estimate of drug-likeness (QED) is 0.395. The predicted molar refractivity (Wildman–Crippen MR) is 126 cm³/mol. The second-order valence-electron chi connectivity index (χ2n) is 7.61. The minimum Gasteiger partial charge on any atom is -0.324 e. The van der Waals surface area contributed by atoms with Crippen LogP contribution in [-0.4, -0.2) is 35.0 Å². The maximum absolute atomic E-state index is 13.3. The average Bonchev–Trinajstić information content (AvgIpc) is 3.44. The number of amides is 1. The number of aromatic amines is 1. The Bertz CT molecular complexity index is 1530. The molecular formula is C24H21N7O2. The van der Waals surface area contributed by atoms with Gasteiger partial charge in [0.2, 0.25) is 17.6 Å². The molecule has 0 saturated heterocycles. The molecule has 2 aromatic carbocycles. The molecule has 0 unspecified atom stereocenters. The summed E-state index contributed by atoms with van der Waals surface area (Å²) in [7, 11) is 0. The second kappa shape index (κ2) is 8.19. The van der Waals surface area contributed by atoms with Crippen molar-refractivity contribution in [3.05, 3.63) is 88.9 Å². The number of rotatable bonds is 6. The molecular weight excluding hydrogens is 418 g/mol. The fourth-order valence-corrected chi connectivity index (χ4v) is 3.82. The topological polar surface area (TPSA) is 110 Å². The van der Waals surface area contributed by atoms with Crippen molar-refractivity contribution < 1.29 is 4.79 Å². The summed E-state index contributed by atoms with van der Waals surface area (Å²) in [6.45, 7) is 6.02. The molecule has 164 valence electrons. The normalized spacial score (nSPS) is 11.2. The molecule has 0 bridgehead atoms. The Balaban J connectivity index is 1.53. The lowest BCUT2D eigenvalue weighted by atomic mass is 10.1. The van der Waals surface area contributed by atoms with Crippen LogP contribution in [0, 0.1) is 6.92 Å². The van der Waals surface area contributed by atoms with Crippen molar-refractivity contribution >= 4 is 28.7 Å². The number of carbonyl (C=O) groups excluding carboxylic acids is 1. The van der Waals surface area contributed by atoms with Gasteiger partial charge in [0.1, 0.15) is 0 Å². The van der Waals surface area contributed by atoms with Gasteiger partial charge in [-0.1, -0.05) is 48.5 Å². The van der Waals surface area contributed by atoms with Crippen LogP contribution in [0.15, 0.2) is 72.0 Å². The van der Waals surface area contributed by atoms with Crippen molar-refractivity contribution in [3.8, 4) is 11.4 Å². The number of benzene rings is 2. The number of nitrogens with zero attached hydrogens (tertiary/aromatic N) is 5. The van der Waals surface area contributed by atoms with Crippen molar-refractivity contribution in [2.75, 3.05) is 5.32 Å². The highest BCUT2D eigenvalue weighted by atomic mass is 16.2. The van der Waals surface area contributed by atoms with E-state index in [-0.39, 0.29) is 17.9 Å². The van der Waals surface area contributed by atoms with Gasteiger partial charge in [-0.05, 0) is 19.1 Å². The molecule has 9 heteroatoms. The monoisotopic (exact) mass is 439 g/mol. The molecule has 2 N–H and O–H groups in total. The van der Waals surface area contributed by atoms with Crippen molar-refractivity contribution in [1.82, 2.24) is 29.1 Å². The van der Waals surface area contributed by atoms with Crippen LogP contribution >= 0.6 is 0 Å². The van der Waals surface area contributed by atoms with Gasteiger partial charge in [0.05, 0.1) is 17.5 Å². The Hall–Kier alpha value is -4.53. The summed E-state index contributed by atoms with van der Waals surface area (Å²) >= 11 is 0. The molecule has 0 saturated carbocycles. The van der Waals surface area contributed by atoms with E-state index in [1.807, 2.05) is 59.2 Å². The molecule has 0 atom stereocenters. The van der Waals surface area contributed by atoms with Crippen molar-refractivity contribution in [1.29, 1.82) is 0 Å². The standard InChI is InChI=1S/C24H21N7O2/c1-3-13-30-15(2)17(14-20(32)27-23-25-18-11-7-8-12-19(18)26-23)22(33)31-24(30)28-21(29-31)16-9-5-4-6-10-16/h3-12H,1,13-14H2,2H3,(H2,25,26,27,32). The van der Waals surface area contributed by atoms with E-state index in [2.05, 4.69) is 31.9 Å². The van der Waals surface area contributed by atoms with Gasteiger partial charge in [-0.15, -0.1) is 11.7 Å². The number of carbonyl (C=O) groups is 1. The number of H-pyrrole nitrogens is 1. The Labute approximate surface area is 188 Å². The van der Waals surface area contributed by atoms with E-state index in [1.165, 1.54) is 4.52 Å². The first-order valence-electron chi connectivity index (χ1n) is 10.4. The Kier molecular flexibility index (Phi) is 5.06. The molecule has 0 aliphatic rings. The van der Waals surface area contributed by atoms with Crippen LogP contribution in [0.3, 0.4) is 0 Å². The summed E-state index contributed by atoms with van der Waals surface area (Å²) in [6, 6.07) is 16.9. The average molecular weight is 439 g/mol. The molecule has 0 fully saturated rings. The second-order valence-corrected chi connectivity index (χ2v) is 7.61. The zero-order chi connectivity index (χ0) is 22.9. The van der Waals surface area contributed by atoms with Gasteiger partial charge in [-0.25, -0.2) is 4.98 Å². The Morgan fingerprint density at radius 2 is 1.88 bits per heavy atom. The maximum atomic E-state index is 13.3. The third kappa shape index (κ3) is 3.69. The summed E-state index contributed by atoms with van der Waals surface area (Å²) in [5.41, 5.74) is 2.95. The first-order valence-corrected chi connectivity index (χ1v) is 10.4. The summed E-state index contributed by atoms with van der Waals surface area (Å²) in [4.78, 5) is 38.1. The molecule has 0 aliphatic heterocycles. The number of hydrogen-bond donors (Lipinski definition) is 2. The predicted octanol–water partition coefficient (Wildman–Crippen LogP) is 3.11. The SMILES string of the molecule is C=CCn1c(C)c(CC(=O)Nc2nc3ccccc3[nH]2)c(=O)n2nc(-c3ccccc3)nc12. The van der Waals surface area contributed by atoms with E-state index >= 15 is 0 Å². The van der Waals surface area contributed by atoms with E-state index in [0.29, 0.717) is 35.4 Å². The fraction of sp³-hybridized carbons (Fsp3) is 0.125. The van der Waals surface area contributed by atoms with Gasteiger partial charge in [0.25, 0.3) is 5.56 Å². The molecule has 33 heavy (non-hydrogen) atoms. The molecule has 3 aromatic heterocycles. The van der Waals surface area contributed by atoms with Crippen molar-refractivity contribution in [2.24, 2.45) is 0 Å². The minimum absolute atomic E-state index is 0.130. The van der Waals surface area contributed by atoms with Crippen LogP contribution in [0.25, 0.3) is 28.2 Å². The first kappa shape index (κ1) is 20.4. The highest BCUT2D eigenvalue weighted by Crippen LogP contribution is 2.18. The number of para-hydroxylation sites is 2. The summed E-state index contributed by atoms with van der Waals surface area (Å²) in [5.74, 6) is 0.812. The number of aromatic nitrogens is 6. The largest absolute Gasteiger partial charge is 0.324 e. The molecule has 0 radical (unpaired) electrons. The van der Waals surface area contributed by atoms with E-state index in [1.54, 1.807) is 13.0 Å². The molecule has 1 amide bonds. The smallest absolute Gasteiger partial charge is 0.279 e. The third-order valence-electron chi connectivity index (χ3n) is 5.45. The van der Waals surface area contributed by atoms with Gasteiger partial charge in [0, 0.05) is 23.4 Å². The zero-order valence-electron chi connectivity index (χ0n) is 17.9. The van der Waals surface area contributed by atoms with Crippen molar-refractivity contribution in [3.63, 3.8) is 0 Å². The highest BCUT2D eigenvalue weighted by molar-refractivity contribution is 5.92. The molecule has 0 spiro atoms. The number of hydrogen-bond acceptors (Lipinski definition) is 5. The van der Waals surface area contributed by atoms with Gasteiger partial charge >= 0.3 is 0 Å². The van der Waals surface area contributed by atoms with Crippen LogP contribution in [-0.2, 0) is 17.8 Å². The number of imidazole rings is 1. The maximum Gasteiger partial charge on any atom is 0.279 e. The number of allylic oxidation sites excluding steroid dienone is 1. The molecule has 3 heterocycles. The van der Waals surface area contributed by atoms with E-state index in [4.69, 9.17) is 0 Å². The van der Waals surface area contributed by atoms with Crippen LogP contribution in [0.2, 0.25) is 0 Å². The summed E-state index contributed by atoms with van der Waals surface area (Å²) in [6.07, 6.45) is 1.59. The molecule has 5 aromatic rings. The molecule has 5 rings (SSSR count). The van der Waals surface area contributed by atoms with Gasteiger partial charge in [0.15, 0.2) is 5.82 Å². The fourth-order valence-electron chi connectivity index (χ4n) is 3.82. The lowest BCUT2D eigenvalue weighted by Gasteiger charge is -2.13. The van der Waals surface area contributed by atoms with E-state index in [0.717, 1.165) is 16.6 Å². The van der Waals surface area contributed by atoms with Crippen LogP contribution in [0.5, 0.6) is 0 Å². The van der Waals surface area contributed by atoms with Crippen LogP contribution in [0.1, 0.15) is 11.3 Å². The minimum atomic E-state index is -0.378. The Morgan fingerprint density at radius 1 is 1.12 bits per heavy atom. The lowest BCUT2D eigenvalue weighted by Crippen LogP contribution is -2.29. The van der Waals surface area contributed by atoms with Crippen LogP contribution < -0.4 is 10.9 Å². The number of nitrogens with one attached hydrogen (secondary N) is 2. The van der Waals surface area contributed by atoms with Gasteiger partial charge < -0.3 is 9.55 Å². The highest BCUT2D eigenvalue weighted by Gasteiger charge is 2.20. The summed E-state index contributed by atoms with van der Waals surface area (Å²) < 4.78 is 3.08. The van der Waals surface area contributed by atoms with Gasteiger partial charge in [-0.3, -0.25) is 14.9 Å². The van der Waals surface area contributed by atoms with E-state index < -0.39 is 0 Å². The molecule has 9 nitrogen and oxygen atoms in total. The Morgan fingerprint density at radius 3 is 2.64 bits per heavy atom. The van der Waals surface area contributed by atoms with Crippen LogP contribution in [0.4, 0.5) is 5.95 Å². The lowest BCUT2D eigenvalue weighted by molar-refractivity contribution is -0.115.